The highest BCUT2D eigenvalue weighted by Gasteiger charge is 2.35. The van der Waals surface area contributed by atoms with Crippen LogP contribution in [0.5, 0.6) is 0 Å². The van der Waals surface area contributed by atoms with Crippen LogP contribution >= 0.6 is 0 Å². The minimum absolute atomic E-state index is 0.00719. The van der Waals surface area contributed by atoms with Crippen LogP contribution in [0.25, 0.3) is 22.1 Å². The molecule has 1 saturated heterocycles. The fourth-order valence-corrected chi connectivity index (χ4v) is 6.15. The van der Waals surface area contributed by atoms with Crippen LogP contribution in [0.1, 0.15) is 58.4 Å². The zero-order chi connectivity index (χ0) is 33.7. The van der Waals surface area contributed by atoms with Gasteiger partial charge in [-0.05, 0) is 62.5 Å². The molecule has 248 valence electrons. The molecule has 11 heteroatoms. The van der Waals surface area contributed by atoms with E-state index in [1.54, 1.807) is 13.8 Å². The van der Waals surface area contributed by atoms with Crippen molar-refractivity contribution in [3.63, 3.8) is 0 Å². The van der Waals surface area contributed by atoms with Crippen LogP contribution in [-0.4, -0.2) is 42.8 Å². The number of morpholine rings is 1. The van der Waals surface area contributed by atoms with Gasteiger partial charge in [-0.25, -0.2) is 9.98 Å². The van der Waals surface area contributed by atoms with Gasteiger partial charge in [0, 0.05) is 42.2 Å². The van der Waals surface area contributed by atoms with Gasteiger partial charge >= 0.3 is 6.18 Å². The van der Waals surface area contributed by atoms with E-state index in [-0.39, 0.29) is 50.8 Å². The summed E-state index contributed by atoms with van der Waals surface area (Å²) in [5.41, 5.74) is 0.581. The molecule has 3 aromatic rings. The van der Waals surface area contributed by atoms with Gasteiger partial charge < -0.3 is 19.4 Å². The maximum atomic E-state index is 14.5. The Balaban J connectivity index is 1.44. The Kier molecular flexibility index (Phi) is 10.4. The second kappa shape index (κ2) is 14.5. The minimum Gasteiger partial charge on any atom is -0.440 e. The molecule has 0 bridgehead atoms. The number of hydrogen-bond donors (Lipinski definition) is 1. The maximum Gasteiger partial charge on any atom is 0.417 e. The van der Waals surface area contributed by atoms with Gasteiger partial charge in [0.1, 0.15) is 17.2 Å². The van der Waals surface area contributed by atoms with E-state index in [0.717, 1.165) is 36.3 Å². The molecule has 47 heavy (non-hydrogen) atoms. The first-order chi connectivity index (χ1) is 22.4. The van der Waals surface area contributed by atoms with Crippen molar-refractivity contribution in [1.82, 2.24) is 4.98 Å². The van der Waals surface area contributed by atoms with Gasteiger partial charge in [-0.1, -0.05) is 50.5 Å². The summed E-state index contributed by atoms with van der Waals surface area (Å²) in [6, 6.07) is 6.77. The zero-order valence-electron chi connectivity index (χ0n) is 26.9. The number of aliphatic imine (C=N–C) groups is 1. The number of nitrogens with one attached hydrogen (secondary N) is 1. The zero-order valence-corrected chi connectivity index (χ0v) is 26.9. The van der Waals surface area contributed by atoms with Crippen LogP contribution in [0, 0.1) is 5.92 Å². The number of carbonyl (C=O) groups is 1. The van der Waals surface area contributed by atoms with Crippen LogP contribution in [0.2, 0.25) is 0 Å². The number of carbonyl (C=O) groups excluding carboxylic acids is 1. The van der Waals surface area contributed by atoms with Crippen molar-refractivity contribution in [2.24, 2.45) is 10.9 Å². The number of rotatable bonds is 10. The number of allylic oxidation sites excluding steroid dienone is 4. The molecule has 0 spiro atoms. The van der Waals surface area contributed by atoms with Gasteiger partial charge in [0.05, 0.1) is 24.2 Å². The molecular weight excluding hydrogens is 609 g/mol. The van der Waals surface area contributed by atoms with Crippen LogP contribution in [-0.2, 0) is 15.7 Å². The number of ketones is 1. The van der Waals surface area contributed by atoms with Gasteiger partial charge in [0.25, 0.3) is 0 Å². The van der Waals surface area contributed by atoms with Crippen molar-refractivity contribution < 1.29 is 27.1 Å². The molecule has 1 aromatic carbocycles. The average molecular weight is 649 g/mol. The third-order valence-electron chi connectivity index (χ3n) is 8.63. The summed E-state index contributed by atoms with van der Waals surface area (Å²) in [6.45, 7) is 10.9. The molecule has 5 rings (SSSR count). The predicted octanol–water partition coefficient (Wildman–Crippen LogP) is 8.10. The third-order valence-corrected chi connectivity index (χ3v) is 8.63. The standard InChI is InChI=1S/C36H39F3N4O4/c1-5-26(18-27(23(3)44)17-25-9-6-7-10-25)22(2)41-24(4)42-33-19-31(36(37,38)39)30(21-40-33)28-11-8-12-29-32(45)20-34(47-35(28)29)43-13-15-46-16-14-43/h5,8,11-12,18-21,25H,4,6-7,9-10,13-17H2,1-3H3,(H,40,42)/b26-5-,27-18+,41-22-. The summed E-state index contributed by atoms with van der Waals surface area (Å²) >= 11 is 0. The van der Waals surface area contributed by atoms with Crippen molar-refractivity contribution >= 4 is 34.2 Å². The Morgan fingerprint density at radius 2 is 1.87 bits per heavy atom. The number of anilines is 2. The summed E-state index contributed by atoms with van der Waals surface area (Å²) in [6.07, 6.45) is 5.32. The fraction of sp³-hybridized carbons (Fsp3) is 0.389. The maximum absolute atomic E-state index is 14.5. The Labute approximate surface area is 271 Å². The lowest BCUT2D eigenvalue weighted by Gasteiger charge is -2.27. The van der Waals surface area contributed by atoms with Crippen molar-refractivity contribution in [3.8, 4) is 11.1 Å². The number of hydrogen-bond acceptors (Lipinski definition) is 8. The van der Waals surface area contributed by atoms with Crippen LogP contribution in [0.3, 0.4) is 0 Å². The van der Waals surface area contributed by atoms with E-state index < -0.39 is 11.7 Å². The molecule has 1 N–H and O–H groups in total. The average Bonchev–Trinajstić information content (AvgIpc) is 3.56. The van der Waals surface area contributed by atoms with E-state index in [1.165, 1.54) is 37.1 Å². The van der Waals surface area contributed by atoms with E-state index in [4.69, 9.17) is 9.15 Å². The van der Waals surface area contributed by atoms with Crippen LogP contribution in [0.15, 0.2) is 86.4 Å². The number of Topliss-reactive ketones (excluding diaryl/α,β-unsaturated/α-hetero) is 1. The van der Waals surface area contributed by atoms with Crippen molar-refractivity contribution in [2.75, 3.05) is 36.5 Å². The molecule has 0 atom stereocenters. The molecular formula is C36H39F3N4O4. The topological polar surface area (TPSA) is 97.0 Å². The highest BCUT2D eigenvalue weighted by molar-refractivity contribution is 6.04. The SMILES string of the molecule is C=C(\N=C(C)/C(=C\C)/C=C(\CC1CCCC1)C(C)=O)Nc1cc(C(F)(F)F)c(-c2cccc3c(=O)cc(N4CCOCC4)oc23)cn1. The number of benzene rings is 1. The number of alkyl halides is 3. The first kappa shape index (κ1) is 33.8. The van der Waals surface area contributed by atoms with Crippen molar-refractivity contribution in [2.45, 2.75) is 59.1 Å². The summed E-state index contributed by atoms with van der Waals surface area (Å²) in [4.78, 5) is 35.9. The van der Waals surface area contributed by atoms with Gasteiger partial charge in [0.15, 0.2) is 17.1 Å². The summed E-state index contributed by atoms with van der Waals surface area (Å²) < 4.78 is 55.1. The smallest absolute Gasteiger partial charge is 0.417 e. The van der Waals surface area contributed by atoms with Gasteiger partial charge in [-0.2, -0.15) is 13.2 Å². The fourth-order valence-electron chi connectivity index (χ4n) is 6.15. The molecule has 0 amide bonds. The van der Waals surface area contributed by atoms with Crippen molar-refractivity contribution in [3.05, 3.63) is 88.0 Å². The van der Waals surface area contributed by atoms with Crippen molar-refractivity contribution in [1.29, 1.82) is 0 Å². The second-order valence-corrected chi connectivity index (χ2v) is 11.9. The molecule has 2 fully saturated rings. The molecule has 1 saturated carbocycles. The highest BCUT2D eigenvalue weighted by atomic mass is 19.4. The Hall–Kier alpha value is -4.51. The van der Waals surface area contributed by atoms with E-state index in [2.05, 4.69) is 21.9 Å². The van der Waals surface area contributed by atoms with E-state index in [9.17, 15) is 22.8 Å². The quantitative estimate of drug-likeness (QED) is 0.135. The van der Waals surface area contributed by atoms with Gasteiger partial charge in [0.2, 0.25) is 0 Å². The minimum atomic E-state index is -4.76. The summed E-state index contributed by atoms with van der Waals surface area (Å²) in [5, 5.41) is 2.94. The largest absolute Gasteiger partial charge is 0.440 e. The summed E-state index contributed by atoms with van der Waals surface area (Å²) in [5.74, 6) is 0.738. The molecule has 2 aliphatic rings. The number of aromatic nitrogens is 1. The predicted molar refractivity (Wildman–Crippen MR) is 179 cm³/mol. The molecule has 2 aromatic heterocycles. The number of pyridine rings is 1. The van der Waals surface area contributed by atoms with E-state index in [1.807, 2.05) is 24.0 Å². The molecule has 1 aliphatic heterocycles. The number of fused-ring (bicyclic) bond motifs is 1. The lowest BCUT2D eigenvalue weighted by atomic mass is 9.93. The lowest BCUT2D eigenvalue weighted by molar-refractivity contribution is -0.137. The van der Waals surface area contributed by atoms with Gasteiger partial charge in [-0.3, -0.25) is 9.59 Å². The molecule has 0 radical (unpaired) electrons. The van der Waals surface area contributed by atoms with Gasteiger partial charge in [-0.15, -0.1) is 0 Å². The lowest BCUT2D eigenvalue weighted by Crippen LogP contribution is -2.36. The monoisotopic (exact) mass is 648 g/mol. The number of para-hydroxylation sites is 1. The normalized spacial score (nSPS) is 17.0. The Morgan fingerprint density at radius 3 is 2.53 bits per heavy atom. The molecule has 0 unspecified atom stereocenters. The number of ether oxygens (including phenoxy) is 1. The molecule has 3 heterocycles. The Morgan fingerprint density at radius 1 is 1.15 bits per heavy atom. The first-order valence-electron chi connectivity index (χ1n) is 15.8. The number of halogens is 3. The highest BCUT2D eigenvalue weighted by Crippen LogP contribution is 2.40. The number of nitrogens with zero attached hydrogens (tertiary/aromatic N) is 3. The summed E-state index contributed by atoms with van der Waals surface area (Å²) in [7, 11) is 0. The first-order valence-corrected chi connectivity index (χ1v) is 15.8. The van der Waals surface area contributed by atoms with E-state index >= 15 is 0 Å². The Bertz CT molecular complexity index is 1810. The third kappa shape index (κ3) is 8.08. The molecule has 1 aliphatic carbocycles. The second-order valence-electron chi connectivity index (χ2n) is 11.9. The molecule has 8 nitrogen and oxygen atoms in total. The van der Waals surface area contributed by atoms with E-state index in [0.29, 0.717) is 44.4 Å². The van der Waals surface area contributed by atoms with Crippen LogP contribution < -0.4 is 15.6 Å². The van der Waals surface area contributed by atoms with Crippen LogP contribution in [0.4, 0.5) is 24.9 Å².